The molecule has 0 aliphatic rings. The Balaban J connectivity index is 1.54. The molecule has 0 spiro atoms. The molecule has 0 bridgehead atoms. The summed E-state index contributed by atoms with van der Waals surface area (Å²) in [5.74, 6) is 1.41. The van der Waals surface area contributed by atoms with Crippen molar-refractivity contribution in [3.8, 4) is 5.75 Å². The van der Waals surface area contributed by atoms with Gasteiger partial charge in [0.1, 0.15) is 17.1 Å². The van der Waals surface area contributed by atoms with E-state index in [1.807, 2.05) is 72.8 Å². The van der Waals surface area contributed by atoms with Crippen molar-refractivity contribution in [3.05, 3.63) is 99.7 Å². The number of benzene rings is 3. The summed E-state index contributed by atoms with van der Waals surface area (Å²) in [7, 11) is 0. The Hall–Kier alpha value is -2.89. The Kier molecular flexibility index (Phi) is 8.20. The number of ketones is 1. The van der Waals surface area contributed by atoms with Crippen molar-refractivity contribution < 1.29 is 13.9 Å². The van der Waals surface area contributed by atoms with Crippen molar-refractivity contribution in [3.63, 3.8) is 0 Å². The molecule has 0 atom stereocenters. The molecule has 0 unspecified atom stereocenters. The van der Waals surface area contributed by atoms with Crippen molar-refractivity contribution in [1.29, 1.82) is 0 Å². The fourth-order valence-corrected chi connectivity index (χ4v) is 4.50. The number of rotatable bonds is 11. The molecule has 4 aromatic rings. The molecule has 1 aromatic heterocycles. The van der Waals surface area contributed by atoms with Crippen LogP contribution in [0.25, 0.3) is 11.0 Å². The molecule has 0 aliphatic heterocycles. The monoisotopic (exact) mass is 519 g/mol. The van der Waals surface area contributed by atoms with E-state index in [1.54, 1.807) is 0 Å². The fraction of sp³-hybridized carbons (Fsp3) is 0.276. The zero-order chi connectivity index (χ0) is 23.9. The highest BCUT2D eigenvalue weighted by atomic mass is 79.9. The number of carbonyl (C=O) groups is 1. The zero-order valence-corrected chi connectivity index (χ0v) is 21.3. The predicted molar refractivity (Wildman–Crippen MR) is 141 cm³/mol. The van der Waals surface area contributed by atoms with Crippen LogP contribution in [0.15, 0.2) is 81.7 Å². The standard InChI is InChI=1S/C29H30BrNO3/c1-3-31(4-2)17-8-18-33-24-14-11-22(12-15-24)29(32)28-25-20-23(30)13-16-26(25)34-27(28)19-21-9-6-5-7-10-21/h5-7,9-16,20H,3-4,8,17-19H2,1-2H3. The number of halogens is 1. The molecular formula is C29H30BrNO3. The quantitative estimate of drug-likeness (QED) is 0.156. The maximum Gasteiger partial charge on any atom is 0.197 e. The van der Waals surface area contributed by atoms with Gasteiger partial charge in [0.15, 0.2) is 5.78 Å². The van der Waals surface area contributed by atoms with Crippen LogP contribution in [-0.2, 0) is 6.42 Å². The third-order valence-corrected chi connectivity index (χ3v) is 6.55. The first kappa shape index (κ1) is 24.2. The van der Waals surface area contributed by atoms with Crippen molar-refractivity contribution in [2.24, 2.45) is 0 Å². The van der Waals surface area contributed by atoms with Gasteiger partial charge in [-0.15, -0.1) is 0 Å². The van der Waals surface area contributed by atoms with Crippen molar-refractivity contribution in [2.75, 3.05) is 26.2 Å². The summed E-state index contributed by atoms with van der Waals surface area (Å²) < 4.78 is 13.0. The zero-order valence-electron chi connectivity index (χ0n) is 19.7. The van der Waals surface area contributed by atoms with E-state index in [0.29, 0.717) is 35.5 Å². The summed E-state index contributed by atoms with van der Waals surface area (Å²) in [5.41, 5.74) is 3.05. The first-order chi connectivity index (χ1) is 16.6. The Labute approximate surface area is 209 Å². The number of nitrogens with zero attached hydrogens (tertiary/aromatic N) is 1. The Morgan fingerprint density at radius 1 is 0.971 bits per heavy atom. The van der Waals surface area contributed by atoms with E-state index in [-0.39, 0.29) is 5.78 Å². The maximum absolute atomic E-state index is 13.6. The minimum Gasteiger partial charge on any atom is -0.494 e. The lowest BCUT2D eigenvalue weighted by Gasteiger charge is -2.17. The van der Waals surface area contributed by atoms with Crippen LogP contribution in [-0.4, -0.2) is 36.9 Å². The van der Waals surface area contributed by atoms with Crippen LogP contribution < -0.4 is 4.74 Å². The van der Waals surface area contributed by atoms with E-state index < -0.39 is 0 Å². The Morgan fingerprint density at radius 2 is 1.71 bits per heavy atom. The van der Waals surface area contributed by atoms with Crippen molar-refractivity contribution in [2.45, 2.75) is 26.7 Å². The van der Waals surface area contributed by atoms with Crippen LogP contribution in [0.1, 0.15) is 47.5 Å². The van der Waals surface area contributed by atoms with Gasteiger partial charge in [-0.25, -0.2) is 0 Å². The second-order valence-electron chi connectivity index (χ2n) is 8.29. The Morgan fingerprint density at radius 3 is 2.41 bits per heavy atom. The van der Waals surface area contributed by atoms with Gasteiger partial charge in [0.2, 0.25) is 0 Å². The fourth-order valence-electron chi connectivity index (χ4n) is 4.14. The molecule has 0 radical (unpaired) electrons. The number of ether oxygens (including phenoxy) is 1. The SMILES string of the molecule is CCN(CC)CCCOc1ccc(C(=O)c2c(Cc3ccccc3)oc3ccc(Br)cc23)cc1. The third kappa shape index (κ3) is 5.78. The molecule has 176 valence electrons. The molecule has 0 fully saturated rings. The van der Waals surface area contributed by atoms with Gasteiger partial charge in [-0.3, -0.25) is 4.79 Å². The van der Waals surface area contributed by atoms with Gasteiger partial charge in [-0.05, 0) is 67.5 Å². The summed E-state index contributed by atoms with van der Waals surface area (Å²) in [6, 6.07) is 23.3. The number of fused-ring (bicyclic) bond motifs is 1. The lowest BCUT2D eigenvalue weighted by atomic mass is 9.97. The second kappa shape index (κ2) is 11.5. The molecule has 34 heavy (non-hydrogen) atoms. The lowest BCUT2D eigenvalue weighted by Crippen LogP contribution is -2.25. The average molecular weight is 520 g/mol. The summed E-state index contributed by atoms with van der Waals surface area (Å²) in [6.45, 7) is 8.14. The second-order valence-corrected chi connectivity index (χ2v) is 9.20. The molecule has 0 N–H and O–H groups in total. The van der Waals surface area contributed by atoms with Gasteiger partial charge < -0.3 is 14.1 Å². The number of furan rings is 1. The molecule has 5 heteroatoms. The van der Waals surface area contributed by atoms with Crippen LogP contribution >= 0.6 is 15.9 Å². The summed E-state index contributed by atoms with van der Waals surface area (Å²) in [5, 5.41) is 0.821. The predicted octanol–water partition coefficient (Wildman–Crippen LogP) is 7.13. The first-order valence-electron chi connectivity index (χ1n) is 11.8. The van der Waals surface area contributed by atoms with E-state index in [1.165, 1.54) is 0 Å². The molecule has 4 rings (SSSR count). The van der Waals surface area contributed by atoms with Gasteiger partial charge in [0.25, 0.3) is 0 Å². The summed E-state index contributed by atoms with van der Waals surface area (Å²) in [6.07, 6.45) is 1.53. The van der Waals surface area contributed by atoms with Crippen LogP contribution in [0.4, 0.5) is 0 Å². The molecular weight excluding hydrogens is 490 g/mol. The highest BCUT2D eigenvalue weighted by molar-refractivity contribution is 9.10. The molecule has 3 aromatic carbocycles. The molecule has 4 nitrogen and oxygen atoms in total. The number of hydrogen-bond donors (Lipinski definition) is 0. The molecule has 0 aliphatic carbocycles. The van der Waals surface area contributed by atoms with Crippen LogP contribution in [0.5, 0.6) is 5.75 Å². The van der Waals surface area contributed by atoms with E-state index in [2.05, 4.69) is 34.7 Å². The van der Waals surface area contributed by atoms with Gasteiger partial charge in [-0.1, -0.05) is 60.1 Å². The van der Waals surface area contributed by atoms with Gasteiger partial charge >= 0.3 is 0 Å². The molecule has 0 saturated carbocycles. The normalized spacial score (nSPS) is 11.3. The molecule has 0 saturated heterocycles. The van der Waals surface area contributed by atoms with Gasteiger partial charge in [0.05, 0.1) is 12.2 Å². The van der Waals surface area contributed by atoms with Crippen molar-refractivity contribution in [1.82, 2.24) is 4.90 Å². The van der Waals surface area contributed by atoms with Crippen LogP contribution in [0.3, 0.4) is 0 Å². The van der Waals surface area contributed by atoms with Gasteiger partial charge in [0, 0.05) is 28.4 Å². The van der Waals surface area contributed by atoms with E-state index >= 15 is 0 Å². The van der Waals surface area contributed by atoms with E-state index in [9.17, 15) is 4.79 Å². The number of hydrogen-bond acceptors (Lipinski definition) is 4. The highest BCUT2D eigenvalue weighted by Crippen LogP contribution is 2.32. The van der Waals surface area contributed by atoms with Crippen molar-refractivity contribution >= 4 is 32.7 Å². The molecule has 1 heterocycles. The smallest absolute Gasteiger partial charge is 0.197 e. The minimum atomic E-state index is -0.0455. The largest absolute Gasteiger partial charge is 0.494 e. The minimum absolute atomic E-state index is 0.0455. The Bertz CT molecular complexity index is 1230. The summed E-state index contributed by atoms with van der Waals surface area (Å²) >= 11 is 3.53. The van der Waals surface area contributed by atoms with E-state index in [4.69, 9.17) is 9.15 Å². The van der Waals surface area contributed by atoms with Gasteiger partial charge in [-0.2, -0.15) is 0 Å². The summed E-state index contributed by atoms with van der Waals surface area (Å²) in [4.78, 5) is 16.0. The highest BCUT2D eigenvalue weighted by Gasteiger charge is 2.22. The van der Waals surface area contributed by atoms with E-state index in [0.717, 1.165) is 47.2 Å². The number of carbonyl (C=O) groups excluding carboxylic acids is 1. The topological polar surface area (TPSA) is 42.7 Å². The molecule has 0 amide bonds. The third-order valence-electron chi connectivity index (χ3n) is 6.06. The average Bonchev–Trinajstić information content (AvgIpc) is 3.21. The first-order valence-corrected chi connectivity index (χ1v) is 12.6. The van der Waals surface area contributed by atoms with Crippen LogP contribution in [0, 0.1) is 0 Å². The van der Waals surface area contributed by atoms with Crippen LogP contribution in [0.2, 0.25) is 0 Å². The lowest BCUT2D eigenvalue weighted by molar-refractivity contribution is 0.103. The maximum atomic E-state index is 13.6.